The Hall–Kier alpha value is -4.21. The fourth-order valence-electron chi connectivity index (χ4n) is 3.68. The lowest BCUT2D eigenvalue weighted by atomic mass is 10.1. The van der Waals surface area contributed by atoms with E-state index in [1.807, 2.05) is 25.3 Å². The van der Waals surface area contributed by atoms with E-state index in [4.69, 9.17) is 4.74 Å². The van der Waals surface area contributed by atoms with Gasteiger partial charge in [0.15, 0.2) is 0 Å². The topological polar surface area (TPSA) is 120 Å². The Morgan fingerprint density at radius 1 is 1.09 bits per heavy atom. The maximum absolute atomic E-state index is 12.5. The van der Waals surface area contributed by atoms with Crippen LogP contribution in [0.1, 0.15) is 41.2 Å². The smallest absolute Gasteiger partial charge is 0.340 e. The molecule has 3 rings (SSSR count). The van der Waals surface area contributed by atoms with Crippen molar-refractivity contribution < 1.29 is 19.1 Å². The van der Waals surface area contributed by atoms with Crippen molar-refractivity contribution in [1.82, 2.24) is 24.6 Å². The van der Waals surface area contributed by atoms with Crippen LogP contribution in [0.2, 0.25) is 0 Å². The third-order valence-corrected chi connectivity index (χ3v) is 5.29. The molecule has 1 aromatic carbocycles. The van der Waals surface area contributed by atoms with E-state index in [1.54, 1.807) is 48.3 Å². The summed E-state index contributed by atoms with van der Waals surface area (Å²) in [5.41, 5.74) is 4.11. The molecule has 3 aromatic rings. The Morgan fingerprint density at radius 3 is 2.44 bits per heavy atom. The van der Waals surface area contributed by atoms with Gasteiger partial charge in [-0.2, -0.15) is 5.10 Å². The summed E-state index contributed by atoms with van der Waals surface area (Å²) in [5, 5.41) is 9.32. The van der Waals surface area contributed by atoms with E-state index >= 15 is 0 Å². The normalized spacial score (nSPS) is 10.9. The minimum atomic E-state index is -0.451. The van der Waals surface area contributed by atoms with Crippen molar-refractivity contribution in [2.75, 3.05) is 18.5 Å². The molecule has 0 atom stereocenters. The summed E-state index contributed by atoms with van der Waals surface area (Å²) in [6.07, 6.45) is 5.90. The maximum Gasteiger partial charge on any atom is 0.340 e. The first kappa shape index (κ1) is 24.4. The van der Waals surface area contributed by atoms with Crippen LogP contribution in [0.3, 0.4) is 0 Å². The van der Waals surface area contributed by atoms with Crippen molar-refractivity contribution in [3.05, 3.63) is 65.5 Å². The number of anilines is 1. The average molecular weight is 465 g/mol. The maximum atomic E-state index is 12.5. The van der Waals surface area contributed by atoms with Gasteiger partial charge in [0.2, 0.25) is 11.8 Å². The standard InChI is InChI=1S/C24H28N6O4/c1-5-29-16(3)20(23(17(29)4)24(33)34-6-2)11-12-21(31)26-13-22(32)28-18-7-9-19(10-8-18)30-15-25-14-27-30/h7-12,14-15H,5-6,13H2,1-4H3,(H,26,31)(H,28,32)/b12-11+. The molecule has 0 bridgehead atoms. The van der Waals surface area contributed by atoms with E-state index in [-0.39, 0.29) is 19.1 Å². The molecule has 0 saturated carbocycles. The largest absolute Gasteiger partial charge is 0.462 e. The number of ether oxygens (including phenoxy) is 1. The van der Waals surface area contributed by atoms with Gasteiger partial charge in [0.1, 0.15) is 12.7 Å². The van der Waals surface area contributed by atoms with E-state index in [1.165, 1.54) is 12.4 Å². The predicted molar refractivity (Wildman–Crippen MR) is 128 cm³/mol. The van der Waals surface area contributed by atoms with E-state index in [9.17, 15) is 14.4 Å². The van der Waals surface area contributed by atoms with Gasteiger partial charge in [-0.1, -0.05) is 0 Å². The number of esters is 1. The highest BCUT2D eigenvalue weighted by Crippen LogP contribution is 2.25. The number of carbonyl (C=O) groups excluding carboxylic acids is 3. The third kappa shape index (κ3) is 5.58. The molecule has 0 saturated heterocycles. The lowest BCUT2D eigenvalue weighted by molar-refractivity contribution is -0.121. The molecule has 10 heteroatoms. The molecule has 0 fully saturated rings. The van der Waals surface area contributed by atoms with E-state index < -0.39 is 11.9 Å². The number of amides is 2. The van der Waals surface area contributed by atoms with Gasteiger partial charge < -0.3 is 19.9 Å². The van der Waals surface area contributed by atoms with E-state index in [0.717, 1.165) is 17.1 Å². The molecule has 2 aromatic heterocycles. The highest BCUT2D eigenvalue weighted by molar-refractivity contribution is 6.00. The highest BCUT2D eigenvalue weighted by Gasteiger charge is 2.22. The third-order valence-electron chi connectivity index (χ3n) is 5.29. The van der Waals surface area contributed by atoms with Crippen molar-refractivity contribution in [1.29, 1.82) is 0 Å². The van der Waals surface area contributed by atoms with Crippen LogP contribution in [0, 0.1) is 13.8 Å². The number of rotatable bonds is 9. The Morgan fingerprint density at radius 2 is 1.82 bits per heavy atom. The minimum Gasteiger partial charge on any atom is -0.462 e. The summed E-state index contributed by atoms with van der Waals surface area (Å²) < 4.78 is 8.78. The van der Waals surface area contributed by atoms with Gasteiger partial charge in [-0.25, -0.2) is 14.5 Å². The first-order valence-electron chi connectivity index (χ1n) is 10.9. The summed E-state index contributed by atoms with van der Waals surface area (Å²) in [4.78, 5) is 40.9. The molecule has 0 unspecified atom stereocenters. The number of carbonyl (C=O) groups is 3. The van der Waals surface area contributed by atoms with Crippen LogP contribution < -0.4 is 10.6 Å². The molecule has 0 aliphatic rings. The van der Waals surface area contributed by atoms with Gasteiger partial charge in [-0.05, 0) is 58.0 Å². The molecule has 178 valence electrons. The van der Waals surface area contributed by atoms with E-state index in [2.05, 4.69) is 20.7 Å². The molecular formula is C24H28N6O4. The van der Waals surface area contributed by atoms with E-state index in [0.29, 0.717) is 23.4 Å². The van der Waals surface area contributed by atoms with Crippen LogP contribution in [0.5, 0.6) is 0 Å². The molecule has 10 nitrogen and oxygen atoms in total. The summed E-state index contributed by atoms with van der Waals surface area (Å²) in [6.45, 7) is 8.21. The zero-order valence-electron chi connectivity index (χ0n) is 19.7. The number of nitrogens with one attached hydrogen (secondary N) is 2. The van der Waals surface area contributed by atoms with Crippen LogP contribution in [0.4, 0.5) is 5.69 Å². The second-order valence-electron chi connectivity index (χ2n) is 7.41. The molecule has 0 spiro atoms. The Bertz CT molecular complexity index is 1190. The van der Waals surface area contributed by atoms with Gasteiger partial charge >= 0.3 is 5.97 Å². The minimum absolute atomic E-state index is 0.202. The second-order valence-corrected chi connectivity index (χ2v) is 7.41. The molecule has 0 radical (unpaired) electrons. The number of hydrogen-bond donors (Lipinski definition) is 2. The van der Waals surface area contributed by atoms with Crippen LogP contribution in [-0.4, -0.2) is 50.3 Å². The highest BCUT2D eigenvalue weighted by atomic mass is 16.5. The quantitative estimate of drug-likeness (QED) is 0.371. The first-order valence-corrected chi connectivity index (χ1v) is 10.9. The molecule has 2 N–H and O–H groups in total. The zero-order chi connectivity index (χ0) is 24.7. The van der Waals surface area contributed by atoms with Gasteiger partial charge in [0.05, 0.1) is 24.4 Å². The predicted octanol–water partition coefficient (Wildman–Crippen LogP) is 2.65. The van der Waals surface area contributed by atoms with Crippen LogP contribution >= 0.6 is 0 Å². The molecule has 2 amide bonds. The summed E-state index contributed by atoms with van der Waals surface area (Å²) in [6, 6.07) is 7.05. The number of aromatic nitrogens is 4. The lowest BCUT2D eigenvalue weighted by Crippen LogP contribution is -2.31. The van der Waals surface area contributed by atoms with Crippen molar-refractivity contribution in [3.63, 3.8) is 0 Å². The summed E-state index contributed by atoms with van der Waals surface area (Å²) >= 11 is 0. The molecule has 34 heavy (non-hydrogen) atoms. The second kappa shape index (κ2) is 11.1. The monoisotopic (exact) mass is 464 g/mol. The zero-order valence-corrected chi connectivity index (χ0v) is 19.7. The Labute approximate surface area is 197 Å². The molecular weight excluding hydrogens is 436 g/mol. The van der Waals surface area contributed by atoms with Gasteiger partial charge in [0, 0.05) is 35.3 Å². The fourth-order valence-corrected chi connectivity index (χ4v) is 3.68. The lowest BCUT2D eigenvalue weighted by Gasteiger charge is -2.07. The number of hydrogen-bond acceptors (Lipinski definition) is 6. The first-order chi connectivity index (χ1) is 16.3. The molecule has 0 aliphatic heterocycles. The summed E-state index contributed by atoms with van der Waals surface area (Å²) in [5.74, 6) is -1.25. The SMILES string of the molecule is CCOC(=O)c1c(/C=C/C(=O)NCC(=O)Nc2ccc(-n3cncn3)cc2)c(C)n(CC)c1C. The Kier molecular flexibility index (Phi) is 7.96. The van der Waals surface area contributed by atoms with Gasteiger partial charge in [0.25, 0.3) is 0 Å². The average Bonchev–Trinajstić information content (AvgIpc) is 3.43. The van der Waals surface area contributed by atoms with Gasteiger partial charge in [-0.15, -0.1) is 0 Å². The number of nitrogens with zero attached hydrogens (tertiary/aromatic N) is 4. The number of benzene rings is 1. The van der Waals surface area contributed by atoms with Crippen molar-refractivity contribution >= 4 is 29.5 Å². The molecule has 2 heterocycles. The van der Waals surface area contributed by atoms with Crippen molar-refractivity contribution in [2.45, 2.75) is 34.2 Å². The van der Waals surface area contributed by atoms with Crippen LogP contribution in [-0.2, 0) is 20.9 Å². The van der Waals surface area contributed by atoms with Gasteiger partial charge in [-0.3, -0.25) is 9.59 Å². The van der Waals surface area contributed by atoms with Crippen molar-refractivity contribution in [3.8, 4) is 5.69 Å². The van der Waals surface area contributed by atoms with Crippen LogP contribution in [0.15, 0.2) is 43.0 Å². The van der Waals surface area contributed by atoms with Crippen LogP contribution in [0.25, 0.3) is 11.8 Å². The fraction of sp³-hybridized carbons (Fsp3) is 0.292. The molecule has 0 aliphatic carbocycles. The Balaban J connectivity index is 1.60. The summed E-state index contributed by atoms with van der Waals surface area (Å²) in [7, 11) is 0. The van der Waals surface area contributed by atoms with Crippen molar-refractivity contribution in [2.24, 2.45) is 0 Å².